The zero-order valence-corrected chi connectivity index (χ0v) is 9.84. The highest BCUT2D eigenvalue weighted by atomic mass is 35.5. The van der Waals surface area contributed by atoms with Gasteiger partial charge in [-0.3, -0.25) is 4.79 Å². The van der Waals surface area contributed by atoms with Gasteiger partial charge < -0.3 is 5.73 Å². The summed E-state index contributed by atoms with van der Waals surface area (Å²) < 4.78 is 26.5. The molecule has 0 aromatic heterocycles. The fourth-order valence-electron chi connectivity index (χ4n) is 1.53. The van der Waals surface area contributed by atoms with Crippen LogP contribution in [0.25, 0.3) is 0 Å². The zero-order chi connectivity index (χ0) is 13.3. The summed E-state index contributed by atoms with van der Waals surface area (Å²) in [6, 6.07) is 6.93. The molecule has 0 amide bonds. The van der Waals surface area contributed by atoms with Gasteiger partial charge in [-0.1, -0.05) is 11.6 Å². The van der Waals surface area contributed by atoms with E-state index < -0.39 is 17.4 Å². The topological polar surface area (TPSA) is 43.1 Å². The first kappa shape index (κ1) is 12.5. The van der Waals surface area contributed by atoms with Gasteiger partial charge >= 0.3 is 0 Å². The first-order valence-electron chi connectivity index (χ1n) is 5.04. The summed E-state index contributed by atoms with van der Waals surface area (Å²) in [6.45, 7) is 0. The maximum absolute atomic E-state index is 13.5. The van der Waals surface area contributed by atoms with Gasteiger partial charge in [0.1, 0.15) is 11.6 Å². The number of hydrogen-bond acceptors (Lipinski definition) is 2. The van der Waals surface area contributed by atoms with Gasteiger partial charge in [-0.15, -0.1) is 0 Å². The van der Waals surface area contributed by atoms with Crippen LogP contribution in [-0.4, -0.2) is 5.78 Å². The Kier molecular flexibility index (Phi) is 3.30. The van der Waals surface area contributed by atoms with E-state index in [0.717, 1.165) is 18.2 Å². The molecule has 0 atom stereocenters. The minimum Gasteiger partial charge on any atom is -0.399 e. The number of rotatable bonds is 2. The van der Waals surface area contributed by atoms with Gasteiger partial charge in [-0.25, -0.2) is 8.78 Å². The van der Waals surface area contributed by atoms with Crippen LogP contribution in [0, 0.1) is 11.6 Å². The number of benzene rings is 2. The second-order valence-corrected chi connectivity index (χ2v) is 4.10. The molecule has 2 rings (SSSR count). The van der Waals surface area contributed by atoms with Crippen LogP contribution in [0.5, 0.6) is 0 Å². The van der Waals surface area contributed by atoms with Crippen molar-refractivity contribution < 1.29 is 13.6 Å². The van der Waals surface area contributed by atoms with Crippen LogP contribution in [0.1, 0.15) is 15.9 Å². The van der Waals surface area contributed by atoms with Crippen molar-refractivity contribution in [3.63, 3.8) is 0 Å². The van der Waals surface area contributed by atoms with E-state index in [0.29, 0.717) is 5.69 Å². The van der Waals surface area contributed by atoms with E-state index in [-0.39, 0.29) is 16.1 Å². The van der Waals surface area contributed by atoms with Crippen LogP contribution >= 0.6 is 11.6 Å². The van der Waals surface area contributed by atoms with Crippen molar-refractivity contribution in [3.8, 4) is 0 Å². The normalized spacial score (nSPS) is 10.4. The van der Waals surface area contributed by atoms with Gasteiger partial charge in [0.05, 0.1) is 10.6 Å². The molecule has 2 aromatic rings. The molecule has 0 heterocycles. The molecule has 2 aromatic carbocycles. The molecular formula is C13H8ClF2NO. The number of nitrogens with two attached hydrogens (primary N) is 1. The molecule has 0 aliphatic carbocycles. The Morgan fingerprint density at radius 2 is 1.78 bits per heavy atom. The Morgan fingerprint density at radius 3 is 2.50 bits per heavy atom. The average molecular weight is 268 g/mol. The van der Waals surface area contributed by atoms with Crippen molar-refractivity contribution in [1.29, 1.82) is 0 Å². The molecule has 0 aliphatic heterocycles. The predicted molar refractivity (Wildman–Crippen MR) is 65.7 cm³/mol. The number of hydrogen-bond donors (Lipinski definition) is 1. The summed E-state index contributed by atoms with van der Waals surface area (Å²) >= 11 is 5.84. The molecule has 0 radical (unpaired) electrons. The molecule has 0 spiro atoms. The molecule has 0 saturated carbocycles. The van der Waals surface area contributed by atoms with E-state index >= 15 is 0 Å². The minimum absolute atomic E-state index is 0.0427. The molecule has 0 bridgehead atoms. The predicted octanol–water partition coefficient (Wildman–Crippen LogP) is 3.43. The van der Waals surface area contributed by atoms with Gasteiger partial charge in [-0.2, -0.15) is 0 Å². The van der Waals surface area contributed by atoms with Gasteiger partial charge in [0.15, 0.2) is 5.78 Å². The highest BCUT2D eigenvalue weighted by molar-refractivity contribution is 6.35. The number of anilines is 1. The summed E-state index contributed by atoms with van der Waals surface area (Å²) in [5.74, 6) is -2.20. The van der Waals surface area contributed by atoms with Gasteiger partial charge in [0, 0.05) is 11.3 Å². The Bertz CT molecular complexity index is 575. The van der Waals surface area contributed by atoms with E-state index in [4.69, 9.17) is 17.3 Å². The molecule has 92 valence electrons. The van der Waals surface area contributed by atoms with Crippen molar-refractivity contribution in [2.75, 3.05) is 5.73 Å². The summed E-state index contributed by atoms with van der Waals surface area (Å²) in [7, 11) is 0. The summed E-state index contributed by atoms with van der Waals surface area (Å²) in [6.07, 6.45) is 0. The third kappa shape index (κ3) is 2.33. The quantitative estimate of drug-likeness (QED) is 0.669. The van der Waals surface area contributed by atoms with Crippen molar-refractivity contribution in [3.05, 3.63) is 64.2 Å². The maximum Gasteiger partial charge on any atom is 0.197 e. The number of carbonyl (C=O) groups excluding carboxylic acids is 1. The highest BCUT2D eigenvalue weighted by Gasteiger charge is 2.17. The lowest BCUT2D eigenvalue weighted by Crippen LogP contribution is -2.06. The van der Waals surface area contributed by atoms with Crippen LogP contribution in [0.2, 0.25) is 5.02 Å². The van der Waals surface area contributed by atoms with Gasteiger partial charge in [0.2, 0.25) is 0 Å². The molecule has 0 saturated heterocycles. The summed E-state index contributed by atoms with van der Waals surface area (Å²) in [4.78, 5) is 12.0. The van der Waals surface area contributed by atoms with E-state index in [1.165, 1.54) is 18.2 Å². The fourth-order valence-corrected chi connectivity index (χ4v) is 1.74. The Hall–Kier alpha value is -1.94. The minimum atomic E-state index is -0.806. The lowest BCUT2D eigenvalue weighted by molar-refractivity contribution is 0.103. The first-order chi connectivity index (χ1) is 8.49. The van der Waals surface area contributed by atoms with Crippen molar-refractivity contribution in [2.45, 2.75) is 0 Å². The van der Waals surface area contributed by atoms with E-state index in [1.54, 1.807) is 0 Å². The van der Waals surface area contributed by atoms with Crippen LogP contribution in [-0.2, 0) is 0 Å². The van der Waals surface area contributed by atoms with E-state index in [1.807, 2.05) is 0 Å². The molecule has 2 nitrogen and oxygen atoms in total. The van der Waals surface area contributed by atoms with Crippen LogP contribution in [0.4, 0.5) is 14.5 Å². The summed E-state index contributed by atoms with van der Waals surface area (Å²) in [5.41, 5.74) is 5.52. The number of nitrogen functional groups attached to an aromatic ring is 1. The van der Waals surface area contributed by atoms with Crippen molar-refractivity contribution in [1.82, 2.24) is 0 Å². The van der Waals surface area contributed by atoms with Crippen LogP contribution < -0.4 is 5.73 Å². The lowest BCUT2D eigenvalue weighted by atomic mass is 10.0. The number of halogens is 3. The van der Waals surface area contributed by atoms with Crippen LogP contribution in [0.15, 0.2) is 36.4 Å². The smallest absolute Gasteiger partial charge is 0.197 e. The van der Waals surface area contributed by atoms with Crippen molar-refractivity contribution >= 4 is 23.1 Å². The average Bonchev–Trinajstić information content (AvgIpc) is 2.34. The summed E-state index contributed by atoms with van der Waals surface area (Å²) in [5, 5.41) is 0.137. The standard InChI is InChI=1S/C13H8ClF2NO/c14-11-3-2-8(17)6-9(11)13(18)10-5-7(15)1-4-12(10)16/h1-6H,17H2. The monoisotopic (exact) mass is 267 g/mol. The second kappa shape index (κ2) is 4.74. The molecule has 5 heteroatoms. The largest absolute Gasteiger partial charge is 0.399 e. The number of carbonyl (C=O) groups is 1. The van der Waals surface area contributed by atoms with Gasteiger partial charge in [-0.05, 0) is 36.4 Å². The molecule has 0 unspecified atom stereocenters. The SMILES string of the molecule is Nc1ccc(Cl)c(C(=O)c2cc(F)ccc2F)c1. The molecule has 2 N–H and O–H groups in total. The first-order valence-corrected chi connectivity index (χ1v) is 5.41. The second-order valence-electron chi connectivity index (χ2n) is 3.69. The molecule has 18 heavy (non-hydrogen) atoms. The molecular weight excluding hydrogens is 260 g/mol. The van der Waals surface area contributed by atoms with Gasteiger partial charge in [0.25, 0.3) is 0 Å². The third-order valence-electron chi connectivity index (χ3n) is 2.41. The Balaban J connectivity index is 2.54. The van der Waals surface area contributed by atoms with Crippen LogP contribution in [0.3, 0.4) is 0 Å². The maximum atomic E-state index is 13.5. The molecule has 0 fully saturated rings. The lowest BCUT2D eigenvalue weighted by Gasteiger charge is -2.06. The Labute approximate surface area is 107 Å². The zero-order valence-electron chi connectivity index (χ0n) is 9.08. The highest BCUT2D eigenvalue weighted by Crippen LogP contribution is 2.23. The van der Waals surface area contributed by atoms with E-state index in [2.05, 4.69) is 0 Å². The van der Waals surface area contributed by atoms with Crippen molar-refractivity contribution in [2.24, 2.45) is 0 Å². The third-order valence-corrected chi connectivity index (χ3v) is 2.74. The Morgan fingerprint density at radius 1 is 1.06 bits per heavy atom. The van der Waals surface area contributed by atoms with E-state index in [9.17, 15) is 13.6 Å². The fraction of sp³-hybridized carbons (Fsp3) is 0. The number of ketones is 1. The molecule has 0 aliphatic rings.